The molecule has 1 aromatic heterocycles. The van der Waals surface area contributed by atoms with Crippen LogP contribution in [-0.4, -0.2) is 44.9 Å². The van der Waals surface area contributed by atoms with Gasteiger partial charge in [-0.3, -0.25) is 4.79 Å². The van der Waals surface area contributed by atoms with Gasteiger partial charge in [0.15, 0.2) is 0 Å². The zero-order chi connectivity index (χ0) is 18.1. The van der Waals surface area contributed by atoms with Gasteiger partial charge in [-0.2, -0.15) is 0 Å². The van der Waals surface area contributed by atoms with E-state index in [9.17, 15) is 4.79 Å². The molecule has 5 rings (SSSR count). The Kier molecular flexibility index (Phi) is 4.28. The first kappa shape index (κ1) is 16.8. The standard InChI is InChI=1S/C16H14N2O3.C4H8O/c1-18-12-6-4-3-5-10(12)16(15(18)19)9-21-13-8-17-14(20-2)7-11(13)16;1-2-4-5-3-1/h3-8H,9H2,1-2H3;1-4H2. The number of hydrogen-bond donors (Lipinski definition) is 0. The molecule has 0 N–H and O–H groups in total. The van der Waals surface area contributed by atoms with Gasteiger partial charge >= 0.3 is 0 Å². The molecule has 3 aliphatic rings. The molecular weight excluding hydrogens is 332 g/mol. The summed E-state index contributed by atoms with van der Waals surface area (Å²) in [6, 6.07) is 9.63. The predicted molar refractivity (Wildman–Crippen MR) is 97.0 cm³/mol. The molecule has 136 valence electrons. The summed E-state index contributed by atoms with van der Waals surface area (Å²) < 4.78 is 15.9. The van der Waals surface area contributed by atoms with E-state index in [1.54, 1.807) is 31.3 Å². The summed E-state index contributed by atoms with van der Waals surface area (Å²) in [5, 5.41) is 0. The van der Waals surface area contributed by atoms with Crippen molar-refractivity contribution in [3.8, 4) is 11.6 Å². The molecular formula is C20H22N2O4. The van der Waals surface area contributed by atoms with Crippen LogP contribution in [-0.2, 0) is 14.9 Å². The Balaban J connectivity index is 0.000000292. The Hall–Kier alpha value is -2.60. The van der Waals surface area contributed by atoms with Crippen LogP contribution < -0.4 is 14.4 Å². The number of rotatable bonds is 1. The van der Waals surface area contributed by atoms with E-state index in [-0.39, 0.29) is 5.91 Å². The minimum absolute atomic E-state index is 0.0238. The highest BCUT2D eigenvalue weighted by Crippen LogP contribution is 2.51. The third-order valence-corrected chi connectivity index (χ3v) is 5.18. The molecule has 0 saturated carbocycles. The minimum Gasteiger partial charge on any atom is -0.490 e. The average Bonchev–Trinajstić information content (AvgIpc) is 3.41. The largest absolute Gasteiger partial charge is 0.490 e. The molecule has 1 amide bonds. The van der Waals surface area contributed by atoms with Crippen molar-refractivity contribution < 1.29 is 19.0 Å². The number of likely N-dealkylation sites (N-methyl/N-ethyl adjacent to an activating group) is 1. The number of methoxy groups -OCH3 is 1. The number of nitrogens with zero attached hydrogens (tertiary/aromatic N) is 2. The van der Waals surface area contributed by atoms with Crippen molar-refractivity contribution in [2.24, 2.45) is 0 Å². The fraction of sp³-hybridized carbons (Fsp3) is 0.400. The lowest BCUT2D eigenvalue weighted by atomic mass is 9.77. The van der Waals surface area contributed by atoms with Crippen LogP contribution in [0.3, 0.4) is 0 Å². The molecule has 1 spiro atoms. The number of benzene rings is 1. The molecule has 1 fully saturated rings. The van der Waals surface area contributed by atoms with Gasteiger partial charge in [0.25, 0.3) is 0 Å². The number of fused-ring (bicyclic) bond motifs is 4. The summed E-state index contributed by atoms with van der Waals surface area (Å²) in [7, 11) is 3.36. The molecule has 6 nitrogen and oxygen atoms in total. The Bertz CT molecular complexity index is 827. The minimum atomic E-state index is -0.781. The maximum absolute atomic E-state index is 12.9. The lowest BCUT2D eigenvalue weighted by Crippen LogP contribution is -2.40. The number of anilines is 1. The van der Waals surface area contributed by atoms with Crippen LogP contribution in [0.15, 0.2) is 36.5 Å². The molecule has 1 atom stereocenters. The van der Waals surface area contributed by atoms with Crippen LogP contribution >= 0.6 is 0 Å². The topological polar surface area (TPSA) is 60.9 Å². The number of para-hydroxylation sites is 1. The third-order valence-electron chi connectivity index (χ3n) is 5.18. The first-order chi connectivity index (χ1) is 12.7. The van der Waals surface area contributed by atoms with Crippen molar-refractivity contribution in [2.45, 2.75) is 18.3 Å². The number of aromatic nitrogens is 1. The van der Waals surface area contributed by atoms with Crippen molar-refractivity contribution >= 4 is 11.6 Å². The summed E-state index contributed by atoms with van der Waals surface area (Å²) in [5.74, 6) is 1.16. The molecule has 0 aliphatic carbocycles. The normalized spacial score (nSPS) is 22.5. The molecule has 4 heterocycles. The second kappa shape index (κ2) is 6.61. The van der Waals surface area contributed by atoms with Crippen LogP contribution in [0.4, 0.5) is 5.69 Å². The Morgan fingerprint density at radius 2 is 1.96 bits per heavy atom. The summed E-state index contributed by atoms with van der Waals surface area (Å²) in [6.45, 7) is 2.30. The summed E-state index contributed by atoms with van der Waals surface area (Å²) >= 11 is 0. The first-order valence-electron chi connectivity index (χ1n) is 8.81. The number of ether oxygens (including phenoxy) is 3. The fourth-order valence-electron chi connectivity index (χ4n) is 3.80. The lowest BCUT2D eigenvalue weighted by molar-refractivity contribution is -0.121. The van der Waals surface area contributed by atoms with Crippen LogP contribution in [0.25, 0.3) is 0 Å². The van der Waals surface area contributed by atoms with E-state index in [1.807, 2.05) is 24.3 Å². The van der Waals surface area contributed by atoms with Gasteiger partial charge in [-0.05, 0) is 24.5 Å². The van der Waals surface area contributed by atoms with Gasteiger partial charge in [-0.15, -0.1) is 0 Å². The van der Waals surface area contributed by atoms with Gasteiger partial charge in [-0.25, -0.2) is 4.98 Å². The monoisotopic (exact) mass is 354 g/mol. The van der Waals surface area contributed by atoms with Crippen LogP contribution in [0.2, 0.25) is 0 Å². The molecule has 26 heavy (non-hydrogen) atoms. The first-order valence-corrected chi connectivity index (χ1v) is 8.81. The zero-order valence-corrected chi connectivity index (χ0v) is 15.0. The predicted octanol–water partition coefficient (Wildman–Crippen LogP) is 2.54. The zero-order valence-electron chi connectivity index (χ0n) is 15.0. The summed E-state index contributed by atoms with van der Waals surface area (Å²) in [4.78, 5) is 18.8. The molecule has 1 saturated heterocycles. The van der Waals surface area contributed by atoms with Crippen molar-refractivity contribution in [2.75, 3.05) is 38.9 Å². The van der Waals surface area contributed by atoms with Crippen LogP contribution in [0, 0.1) is 0 Å². The van der Waals surface area contributed by atoms with E-state index in [4.69, 9.17) is 14.2 Å². The molecule has 6 heteroatoms. The average molecular weight is 354 g/mol. The van der Waals surface area contributed by atoms with Crippen LogP contribution in [0.1, 0.15) is 24.0 Å². The van der Waals surface area contributed by atoms with E-state index in [1.165, 1.54) is 12.8 Å². The fourth-order valence-corrected chi connectivity index (χ4v) is 3.80. The quantitative estimate of drug-likeness (QED) is 0.788. The molecule has 1 unspecified atom stereocenters. The molecule has 0 bridgehead atoms. The number of pyridine rings is 1. The highest BCUT2D eigenvalue weighted by Gasteiger charge is 2.56. The van der Waals surface area contributed by atoms with Gasteiger partial charge < -0.3 is 19.1 Å². The van der Waals surface area contributed by atoms with Gasteiger partial charge in [0.05, 0.1) is 13.3 Å². The molecule has 0 radical (unpaired) electrons. The van der Waals surface area contributed by atoms with Gasteiger partial charge in [0.1, 0.15) is 17.8 Å². The van der Waals surface area contributed by atoms with Crippen LogP contribution in [0.5, 0.6) is 11.6 Å². The maximum Gasteiger partial charge on any atom is 0.245 e. The van der Waals surface area contributed by atoms with E-state index in [0.717, 1.165) is 30.0 Å². The Morgan fingerprint density at radius 1 is 1.19 bits per heavy atom. The van der Waals surface area contributed by atoms with Gasteiger partial charge in [0, 0.05) is 37.6 Å². The van der Waals surface area contributed by atoms with E-state index < -0.39 is 5.41 Å². The van der Waals surface area contributed by atoms with Gasteiger partial charge in [-0.1, -0.05) is 18.2 Å². The molecule has 1 aromatic carbocycles. The van der Waals surface area contributed by atoms with Crippen molar-refractivity contribution in [3.05, 3.63) is 47.7 Å². The highest BCUT2D eigenvalue weighted by molar-refractivity contribution is 6.11. The lowest BCUT2D eigenvalue weighted by Gasteiger charge is -2.21. The number of hydrogen-bond acceptors (Lipinski definition) is 5. The van der Waals surface area contributed by atoms with E-state index >= 15 is 0 Å². The van der Waals surface area contributed by atoms with Crippen molar-refractivity contribution in [1.82, 2.24) is 4.98 Å². The van der Waals surface area contributed by atoms with Gasteiger partial charge in [0.2, 0.25) is 11.8 Å². The molecule has 3 aliphatic heterocycles. The second-order valence-corrected chi connectivity index (χ2v) is 6.62. The smallest absolute Gasteiger partial charge is 0.245 e. The summed E-state index contributed by atoms with van der Waals surface area (Å²) in [6.07, 6.45) is 4.18. The highest BCUT2D eigenvalue weighted by atomic mass is 16.5. The third kappa shape index (κ3) is 2.44. The van der Waals surface area contributed by atoms with E-state index in [0.29, 0.717) is 18.2 Å². The number of carbonyl (C=O) groups is 1. The second-order valence-electron chi connectivity index (χ2n) is 6.62. The maximum atomic E-state index is 12.9. The van der Waals surface area contributed by atoms with Crippen molar-refractivity contribution in [3.63, 3.8) is 0 Å². The van der Waals surface area contributed by atoms with Crippen molar-refractivity contribution in [1.29, 1.82) is 0 Å². The Labute approximate surface area is 152 Å². The summed E-state index contributed by atoms with van der Waals surface area (Å²) in [5.41, 5.74) is 1.95. The Morgan fingerprint density at radius 3 is 2.65 bits per heavy atom. The number of amides is 1. The van der Waals surface area contributed by atoms with E-state index in [2.05, 4.69) is 4.98 Å². The molecule has 2 aromatic rings. The number of carbonyl (C=O) groups excluding carboxylic acids is 1. The SMILES string of the molecule is C1CCOC1.COc1cc2c(cn1)OCC21C(=O)N(C)c2ccccc21.